The van der Waals surface area contributed by atoms with Gasteiger partial charge in [-0.3, -0.25) is 0 Å². The molecule has 1 aromatic rings. The molecule has 0 aromatic heterocycles. The Balaban J connectivity index is 2.59. The molecule has 1 atom stereocenters. The van der Waals surface area contributed by atoms with Crippen LogP contribution in [0.3, 0.4) is 0 Å². The van der Waals surface area contributed by atoms with E-state index in [1.807, 2.05) is 19.9 Å². The Morgan fingerprint density at radius 1 is 1.21 bits per heavy atom. The van der Waals surface area contributed by atoms with Gasteiger partial charge < -0.3 is 14.9 Å². The smallest absolute Gasteiger partial charge is 0.161 e. The third kappa shape index (κ3) is 1.31. The van der Waals surface area contributed by atoms with E-state index in [0.717, 1.165) is 11.1 Å². The van der Waals surface area contributed by atoms with Gasteiger partial charge in [0.2, 0.25) is 0 Å². The summed E-state index contributed by atoms with van der Waals surface area (Å²) in [6.45, 7) is 3.88. The molecule has 74 valence electrons. The van der Waals surface area contributed by atoms with Crippen LogP contribution in [0.2, 0.25) is 0 Å². The van der Waals surface area contributed by atoms with Crippen LogP contribution in [0.5, 0.6) is 17.2 Å². The number of phenolic OH excluding ortho intramolecular Hbond substituents is 2. The van der Waals surface area contributed by atoms with Crippen LogP contribution in [-0.4, -0.2) is 16.3 Å². The SMILES string of the molecule is CC1=C[C@H](C)Oc2cc(O)c(O)cc21. The van der Waals surface area contributed by atoms with Crippen LogP contribution >= 0.6 is 0 Å². The molecule has 0 unspecified atom stereocenters. The largest absolute Gasteiger partial charge is 0.504 e. The first kappa shape index (κ1) is 8.94. The van der Waals surface area contributed by atoms with Crippen LogP contribution in [0.1, 0.15) is 19.4 Å². The first-order valence-electron chi connectivity index (χ1n) is 4.49. The number of hydrogen-bond acceptors (Lipinski definition) is 3. The van der Waals surface area contributed by atoms with E-state index in [0.29, 0.717) is 5.75 Å². The molecular formula is C11H12O3. The molecular weight excluding hydrogens is 180 g/mol. The van der Waals surface area contributed by atoms with E-state index in [1.54, 1.807) is 0 Å². The fraction of sp³-hybridized carbons (Fsp3) is 0.273. The summed E-state index contributed by atoms with van der Waals surface area (Å²) in [6.07, 6.45) is 1.98. The lowest BCUT2D eigenvalue weighted by molar-refractivity contribution is 0.262. The maximum Gasteiger partial charge on any atom is 0.161 e. The molecule has 0 saturated heterocycles. The molecule has 2 rings (SSSR count). The number of aromatic hydroxyl groups is 2. The molecule has 0 bridgehead atoms. The summed E-state index contributed by atoms with van der Waals surface area (Å²) in [5, 5.41) is 18.6. The highest BCUT2D eigenvalue weighted by Gasteiger charge is 2.17. The molecule has 1 aromatic carbocycles. The highest BCUT2D eigenvalue weighted by molar-refractivity contribution is 5.73. The van der Waals surface area contributed by atoms with E-state index in [1.165, 1.54) is 12.1 Å². The summed E-state index contributed by atoms with van der Waals surface area (Å²) in [4.78, 5) is 0. The second-order valence-corrected chi connectivity index (χ2v) is 3.51. The molecule has 0 aliphatic carbocycles. The molecule has 0 amide bonds. The van der Waals surface area contributed by atoms with Gasteiger partial charge in [-0.25, -0.2) is 0 Å². The van der Waals surface area contributed by atoms with Crippen molar-refractivity contribution in [3.63, 3.8) is 0 Å². The van der Waals surface area contributed by atoms with E-state index in [4.69, 9.17) is 4.74 Å². The Morgan fingerprint density at radius 2 is 1.86 bits per heavy atom. The molecule has 1 aliphatic rings. The van der Waals surface area contributed by atoms with Crippen molar-refractivity contribution < 1.29 is 14.9 Å². The topological polar surface area (TPSA) is 49.7 Å². The fourth-order valence-electron chi connectivity index (χ4n) is 1.64. The number of fused-ring (bicyclic) bond motifs is 1. The van der Waals surface area contributed by atoms with Gasteiger partial charge in [0.25, 0.3) is 0 Å². The second kappa shape index (κ2) is 2.94. The van der Waals surface area contributed by atoms with Crippen molar-refractivity contribution >= 4 is 5.57 Å². The van der Waals surface area contributed by atoms with Crippen LogP contribution in [0, 0.1) is 0 Å². The molecule has 1 heterocycles. The Morgan fingerprint density at radius 3 is 2.57 bits per heavy atom. The maximum atomic E-state index is 9.33. The predicted octanol–water partition coefficient (Wildman–Crippen LogP) is 2.28. The van der Waals surface area contributed by atoms with E-state index < -0.39 is 0 Å². The summed E-state index contributed by atoms with van der Waals surface area (Å²) >= 11 is 0. The van der Waals surface area contributed by atoms with Crippen LogP contribution < -0.4 is 4.74 Å². The number of allylic oxidation sites excluding steroid dienone is 1. The Kier molecular flexibility index (Phi) is 1.88. The molecule has 0 radical (unpaired) electrons. The van der Waals surface area contributed by atoms with E-state index in [2.05, 4.69) is 0 Å². The summed E-state index contributed by atoms with van der Waals surface area (Å²) in [7, 11) is 0. The molecule has 3 nitrogen and oxygen atoms in total. The molecule has 0 spiro atoms. The minimum atomic E-state index is -0.148. The third-order valence-corrected chi connectivity index (χ3v) is 2.30. The first-order valence-corrected chi connectivity index (χ1v) is 4.49. The van der Waals surface area contributed by atoms with Gasteiger partial charge >= 0.3 is 0 Å². The number of phenols is 2. The number of hydrogen-bond donors (Lipinski definition) is 2. The number of ether oxygens (including phenoxy) is 1. The van der Waals surface area contributed by atoms with Crippen LogP contribution in [0.4, 0.5) is 0 Å². The fourth-order valence-corrected chi connectivity index (χ4v) is 1.64. The van der Waals surface area contributed by atoms with Crippen molar-refractivity contribution in [1.82, 2.24) is 0 Å². The van der Waals surface area contributed by atoms with Crippen molar-refractivity contribution in [3.8, 4) is 17.2 Å². The highest BCUT2D eigenvalue weighted by atomic mass is 16.5. The van der Waals surface area contributed by atoms with Gasteiger partial charge in [-0.15, -0.1) is 0 Å². The quantitative estimate of drug-likeness (QED) is 0.620. The summed E-state index contributed by atoms with van der Waals surface area (Å²) < 4.78 is 5.49. The maximum absolute atomic E-state index is 9.33. The lowest BCUT2D eigenvalue weighted by atomic mass is 10.0. The Hall–Kier alpha value is -1.64. The minimum absolute atomic E-state index is 0.00597. The van der Waals surface area contributed by atoms with Crippen LogP contribution in [-0.2, 0) is 0 Å². The normalized spacial score (nSPS) is 19.6. The van der Waals surface area contributed by atoms with Gasteiger partial charge in [-0.1, -0.05) is 0 Å². The Bertz CT molecular complexity index is 407. The van der Waals surface area contributed by atoms with Crippen molar-refractivity contribution in [3.05, 3.63) is 23.8 Å². The van der Waals surface area contributed by atoms with Gasteiger partial charge in [0, 0.05) is 11.6 Å². The van der Waals surface area contributed by atoms with E-state index in [-0.39, 0.29) is 17.6 Å². The number of benzene rings is 1. The third-order valence-electron chi connectivity index (χ3n) is 2.30. The zero-order chi connectivity index (χ0) is 10.3. The van der Waals surface area contributed by atoms with E-state index in [9.17, 15) is 10.2 Å². The van der Waals surface area contributed by atoms with E-state index >= 15 is 0 Å². The molecule has 0 saturated carbocycles. The summed E-state index contributed by atoms with van der Waals surface area (Å²) in [6, 6.07) is 2.96. The summed E-state index contributed by atoms with van der Waals surface area (Å²) in [5.41, 5.74) is 1.88. The standard InChI is InChI=1S/C11H12O3/c1-6-3-7(2)14-11-5-10(13)9(12)4-8(6)11/h3-5,7,12-13H,1-2H3/t7-/m0/s1. The monoisotopic (exact) mass is 192 g/mol. The lowest BCUT2D eigenvalue weighted by Crippen LogP contribution is -2.13. The molecule has 2 N–H and O–H groups in total. The van der Waals surface area contributed by atoms with Crippen molar-refractivity contribution in [1.29, 1.82) is 0 Å². The summed E-state index contributed by atoms with van der Waals surface area (Å²) in [5.74, 6) is 0.355. The van der Waals surface area contributed by atoms with Gasteiger partial charge in [0.05, 0.1) is 0 Å². The Labute approximate surface area is 82.3 Å². The zero-order valence-electron chi connectivity index (χ0n) is 8.11. The van der Waals surface area contributed by atoms with Gasteiger partial charge in [-0.05, 0) is 31.6 Å². The molecule has 0 fully saturated rings. The average Bonchev–Trinajstić information content (AvgIpc) is 2.08. The van der Waals surface area contributed by atoms with Crippen LogP contribution in [0.15, 0.2) is 18.2 Å². The first-order chi connectivity index (χ1) is 6.58. The zero-order valence-corrected chi connectivity index (χ0v) is 8.11. The molecule has 3 heteroatoms. The number of rotatable bonds is 0. The van der Waals surface area contributed by atoms with Crippen LogP contribution in [0.25, 0.3) is 5.57 Å². The van der Waals surface area contributed by atoms with Crippen molar-refractivity contribution in [2.75, 3.05) is 0 Å². The average molecular weight is 192 g/mol. The van der Waals surface area contributed by atoms with Crippen molar-refractivity contribution in [2.24, 2.45) is 0 Å². The minimum Gasteiger partial charge on any atom is -0.504 e. The predicted molar refractivity (Wildman–Crippen MR) is 53.5 cm³/mol. The molecule has 1 aliphatic heterocycles. The second-order valence-electron chi connectivity index (χ2n) is 3.51. The van der Waals surface area contributed by atoms with Gasteiger partial charge in [-0.2, -0.15) is 0 Å². The van der Waals surface area contributed by atoms with Gasteiger partial charge in [0.15, 0.2) is 11.5 Å². The molecule has 14 heavy (non-hydrogen) atoms. The van der Waals surface area contributed by atoms with Crippen molar-refractivity contribution in [2.45, 2.75) is 20.0 Å². The highest BCUT2D eigenvalue weighted by Crippen LogP contribution is 2.39. The lowest BCUT2D eigenvalue weighted by Gasteiger charge is -2.21. The van der Waals surface area contributed by atoms with Gasteiger partial charge in [0.1, 0.15) is 11.9 Å².